The quantitative estimate of drug-likeness (QED) is 0.398. The molecule has 2 atom stereocenters. The summed E-state index contributed by atoms with van der Waals surface area (Å²) < 4.78 is 12.2. The number of aromatic nitrogens is 1. The smallest absolute Gasteiger partial charge is 0.325 e. The van der Waals surface area contributed by atoms with Crippen molar-refractivity contribution in [2.75, 3.05) is 31.6 Å². The highest BCUT2D eigenvalue weighted by Crippen LogP contribution is 2.31. The Balaban J connectivity index is 1.28. The molecule has 37 heavy (non-hydrogen) atoms. The number of nitrogens with one attached hydrogen (secondary N) is 1. The van der Waals surface area contributed by atoms with Crippen molar-refractivity contribution >= 4 is 11.8 Å². The zero-order chi connectivity index (χ0) is 26.4. The molecule has 3 heterocycles. The maximum Gasteiger partial charge on any atom is 0.325 e. The van der Waals surface area contributed by atoms with Gasteiger partial charge in [0.25, 0.3) is 0 Å². The first kappa shape index (κ1) is 27.6. The lowest BCUT2D eigenvalue weighted by molar-refractivity contribution is -0.143. The molecule has 1 fully saturated rings. The van der Waals surface area contributed by atoms with E-state index < -0.39 is 12.0 Å². The molecule has 2 aliphatic heterocycles. The third-order valence-corrected chi connectivity index (χ3v) is 7.16. The van der Waals surface area contributed by atoms with E-state index in [1.54, 1.807) is 0 Å². The average Bonchev–Trinajstić information content (AvgIpc) is 3.30. The van der Waals surface area contributed by atoms with Crippen molar-refractivity contribution in [1.82, 2.24) is 9.88 Å². The van der Waals surface area contributed by atoms with E-state index in [1.807, 2.05) is 50.8 Å². The zero-order valence-electron chi connectivity index (χ0n) is 22.9. The van der Waals surface area contributed by atoms with Gasteiger partial charge in [-0.05, 0) is 89.0 Å². The molecule has 0 aliphatic carbocycles. The van der Waals surface area contributed by atoms with Gasteiger partial charge in [-0.15, -0.1) is 0 Å². The number of aryl methyl sites for hydroxylation is 3. The van der Waals surface area contributed by atoms with Crippen LogP contribution in [0.1, 0.15) is 80.4 Å². The number of aliphatic carboxylic acids is 1. The molecule has 2 N–H and O–H groups in total. The molecule has 0 radical (unpaired) electrons. The minimum atomic E-state index is -0.824. The van der Waals surface area contributed by atoms with Crippen molar-refractivity contribution in [1.29, 1.82) is 0 Å². The third-order valence-electron chi connectivity index (χ3n) is 7.16. The summed E-state index contributed by atoms with van der Waals surface area (Å²) in [6.07, 6.45) is 6.14. The monoisotopic (exact) mass is 509 g/mol. The number of hydrogen-bond donors (Lipinski definition) is 2. The van der Waals surface area contributed by atoms with E-state index in [0.717, 1.165) is 66.9 Å². The average molecular weight is 510 g/mol. The van der Waals surface area contributed by atoms with E-state index in [9.17, 15) is 9.90 Å². The van der Waals surface area contributed by atoms with Gasteiger partial charge >= 0.3 is 5.97 Å². The van der Waals surface area contributed by atoms with E-state index in [1.165, 1.54) is 12.0 Å². The van der Waals surface area contributed by atoms with Crippen molar-refractivity contribution in [2.24, 2.45) is 0 Å². The highest BCUT2D eigenvalue weighted by atomic mass is 16.5. The van der Waals surface area contributed by atoms with Crippen LogP contribution in [0.2, 0.25) is 0 Å². The van der Waals surface area contributed by atoms with E-state index in [0.29, 0.717) is 26.3 Å². The highest BCUT2D eigenvalue weighted by molar-refractivity contribution is 5.76. The number of likely N-dealkylation sites (tertiary alicyclic amines) is 1. The fourth-order valence-corrected chi connectivity index (χ4v) is 5.17. The van der Waals surface area contributed by atoms with E-state index in [4.69, 9.17) is 14.5 Å². The van der Waals surface area contributed by atoms with Crippen molar-refractivity contribution in [3.8, 4) is 0 Å². The van der Waals surface area contributed by atoms with Crippen LogP contribution in [0.5, 0.6) is 0 Å². The van der Waals surface area contributed by atoms with Crippen LogP contribution in [0.4, 0.5) is 5.82 Å². The Bertz CT molecular complexity index is 1070. The molecule has 2 aromatic rings. The highest BCUT2D eigenvalue weighted by Gasteiger charge is 2.35. The Hall–Kier alpha value is -2.48. The van der Waals surface area contributed by atoms with Crippen LogP contribution in [-0.4, -0.2) is 58.9 Å². The maximum atomic E-state index is 12.4. The minimum absolute atomic E-state index is 0.0620. The summed E-state index contributed by atoms with van der Waals surface area (Å²) in [6, 6.07) is 9.69. The first-order valence-electron chi connectivity index (χ1n) is 13.7. The number of nitrogens with zero attached hydrogens (tertiary/aromatic N) is 2. The Morgan fingerprint density at radius 3 is 2.86 bits per heavy atom. The van der Waals surface area contributed by atoms with Crippen LogP contribution in [0.25, 0.3) is 0 Å². The molecule has 0 bridgehead atoms. The van der Waals surface area contributed by atoms with Crippen LogP contribution in [-0.2, 0) is 33.7 Å². The molecule has 1 aromatic carbocycles. The lowest BCUT2D eigenvalue weighted by Crippen LogP contribution is -2.34. The van der Waals surface area contributed by atoms with E-state index in [-0.39, 0.29) is 11.7 Å². The standard InChI is InChI=1S/C30H43N3O4/c1-21-10-11-23(20-37-30(2,3)4)26(18-21)27(29(34)35)33-16-14-25(19-33)36-17-6-5-9-24-13-12-22-8-7-15-31-28(22)32-24/h10-13,18,25,27H,5-9,14-17,19-20H2,1-4H3,(H,31,32)(H,34,35)/t25-,27?/m1/s1. The van der Waals surface area contributed by atoms with Gasteiger partial charge in [-0.1, -0.05) is 29.8 Å². The largest absolute Gasteiger partial charge is 0.480 e. The van der Waals surface area contributed by atoms with E-state index >= 15 is 0 Å². The summed E-state index contributed by atoms with van der Waals surface area (Å²) >= 11 is 0. The number of carbonyl (C=O) groups is 1. The predicted molar refractivity (Wildman–Crippen MR) is 146 cm³/mol. The number of hydrogen-bond acceptors (Lipinski definition) is 6. The van der Waals surface area contributed by atoms with Crippen molar-refractivity contribution in [2.45, 2.75) is 90.6 Å². The number of carboxylic acid groups (broad SMARTS) is 1. The Kier molecular flexibility index (Phi) is 9.22. The normalized spacial score (nSPS) is 18.9. The molecule has 7 heteroatoms. The maximum absolute atomic E-state index is 12.4. The molecule has 1 saturated heterocycles. The van der Waals surface area contributed by atoms with Crippen LogP contribution in [0, 0.1) is 6.92 Å². The second-order valence-electron chi connectivity index (χ2n) is 11.4. The number of fused-ring (bicyclic) bond motifs is 1. The van der Waals surface area contributed by atoms with Gasteiger partial charge in [0.05, 0.1) is 18.3 Å². The molecule has 0 amide bonds. The molecule has 0 saturated carbocycles. The summed E-state index contributed by atoms with van der Waals surface area (Å²) in [4.78, 5) is 19.3. The van der Waals surface area contributed by atoms with Crippen LogP contribution in [0.15, 0.2) is 30.3 Å². The second kappa shape index (κ2) is 12.4. The number of rotatable bonds is 11. The van der Waals surface area contributed by atoms with Gasteiger partial charge in [0.15, 0.2) is 0 Å². The lowest BCUT2D eigenvalue weighted by atomic mass is 9.97. The molecular weight excluding hydrogens is 466 g/mol. The number of unbranched alkanes of at least 4 members (excludes halogenated alkanes) is 1. The van der Waals surface area contributed by atoms with Gasteiger partial charge in [0, 0.05) is 31.9 Å². The van der Waals surface area contributed by atoms with Crippen molar-refractivity contribution < 1.29 is 19.4 Å². The SMILES string of the molecule is Cc1ccc(COC(C)(C)C)c(C(C(=O)O)N2CC[C@@H](OCCCCc3ccc4c(n3)NCCC4)C2)c1. The fraction of sp³-hybridized carbons (Fsp3) is 0.600. The van der Waals surface area contributed by atoms with Crippen molar-refractivity contribution in [3.05, 3.63) is 58.3 Å². The molecule has 202 valence electrons. The van der Waals surface area contributed by atoms with Crippen LogP contribution >= 0.6 is 0 Å². The van der Waals surface area contributed by atoms with Crippen LogP contribution in [0.3, 0.4) is 0 Å². The Labute approximate surface area is 221 Å². The molecule has 1 aromatic heterocycles. The van der Waals surface area contributed by atoms with Gasteiger partial charge < -0.3 is 19.9 Å². The van der Waals surface area contributed by atoms with Gasteiger partial charge in [-0.25, -0.2) is 4.98 Å². The first-order chi connectivity index (χ1) is 17.7. The molecule has 0 spiro atoms. The fourth-order valence-electron chi connectivity index (χ4n) is 5.17. The molecule has 1 unspecified atom stereocenters. The number of ether oxygens (including phenoxy) is 2. The van der Waals surface area contributed by atoms with Crippen LogP contribution < -0.4 is 5.32 Å². The Morgan fingerprint density at radius 2 is 2.08 bits per heavy atom. The van der Waals surface area contributed by atoms with Gasteiger partial charge in [-0.2, -0.15) is 0 Å². The summed E-state index contributed by atoms with van der Waals surface area (Å²) in [7, 11) is 0. The summed E-state index contributed by atoms with van der Waals surface area (Å²) in [5.74, 6) is 0.232. The lowest BCUT2D eigenvalue weighted by Gasteiger charge is -2.28. The van der Waals surface area contributed by atoms with Gasteiger partial charge in [0.2, 0.25) is 0 Å². The minimum Gasteiger partial charge on any atom is -0.480 e. The predicted octanol–water partition coefficient (Wildman–Crippen LogP) is 5.30. The topological polar surface area (TPSA) is 83.9 Å². The zero-order valence-corrected chi connectivity index (χ0v) is 22.9. The summed E-state index contributed by atoms with van der Waals surface area (Å²) in [5, 5.41) is 13.6. The molecular formula is C30H43N3O4. The number of pyridine rings is 1. The number of carboxylic acids is 1. The molecule has 7 nitrogen and oxygen atoms in total. The van der Waals surface area contributed by atoms with Crippen molar-refractivity contribution in [3.63, 3.8) is 0 Å². The van der Waals surface area contributed by atoms with Gasteiger partial charge in [0.1, 0.15) is 11.9 Å². The molecule has 4 rings (SSSR count). The number of anilines is 1. The van der Waals surface area contributed by atoms with Gasteiger partial charge in [-0.3, -0.25) is 9.69 Å². The first-order valence-corrected chi connectivity index (χ1v) is 13.7. The molecule has 2 aliphatic rings. The third kappa shape index (κ3) is 7.76. The second-order valence-corrected chi connectivity index (χ2v) is 11.4. The Morgan fingerprint density at radius 1 is 1.24 bits per heavy atom. The summed E-state index contributed by atoms with van der Waals surface area (Å²) in [6.45, 7) is 11.5. The summed E-state index contributed by atoms with van der Waals surface area (Å²) in [5.41, 5.74) is 4.97. The van der Waals surface area contributed by atoms with E-state index in [2.05, 4.69) is 17.4 Å². The number of benzene rings is 1.